The van der Waals surface area contributed by atoms with Crippen LogP contribution in [0.4, 0.5) is 21.9 Å². The highest BCUT2D eigenvalue weighted by Gasteiger charge is 2.19. The van der Waals surface area contributed by atoms with Crippen LogP contribution in [-0.2, 0) is 0 Å². The van der Waals surface area contributed by atoms with E-state index in [1.54, 1.807) is 49.6 Å². The van der Waals surface area contributed by atoms with Gasteiger partial charge in [-0.1, -0.05) is 12.1 Å². The second kappa shape index (κ2) is 8.28. The minimum atomic E-state index is -0.614. The maximum absolute atomic E-state index is 12.4. The van der Waals surface area contributed by atoms with E-state index in [-0.39, 0.29) is 10.6 Å². The third-order valence-electron chi connectivity index (χ3n) is 4.49. The lowest BCUT2D eigenvalue weighted by atomic mass is 10.1. The fourth-order valence-electron chi connectivity index (χ4n) is 3.07. The van der Waals surface area contributed by atoms with Crippen molar-refractivity contribution in [1.82, 2.24) is 9.97 Å². The van der Waals surface area contributed by atoms with Gasteiger partial charge < -0.3 is 26.8 Å². The summed E-state index contributed by atoms with van der Waals surface area (Å²) in [6, 6.07) is 13.7. The highest BCUT2D eigenvalue weighted by Crippen LogP contribution is 2.38. The van der Waals surface area contributed by atoms with Crippen LogP contribution in [0.3, 0.4) is 0 Å². The van der Waals surface area contributed by atoms with Gasteiger partial charge in [-0.25, -0.2) is 14.8 Å². The maximum atomic E-state index is 12.4. The molecule has 10 heteroatoms. The molecule has 0 aliphatic heterocycles. The van der Waals surface area contributed by atoms with E-state index in [0.29, 0.717) is 38.6 Å². The van der Waals surface area contributed by atoms with Crippen molar-refractivity contribution in [3.05, 3.63) is 59.7 Å². The number of anilines is 3. The molecule has 0 atom stereocenters. The lowest BCUT2D eigenvalue weighted by Gasteiger charge is -2.10. The third-order valence-corrected chi connectivity index (χ3v) is 5.62. The number of carbonyl (C=O) groups is 2. The fourth-order valence-corrected chi connectivity index (χ4v) is 3.98. The summed E-state index contributed by atoms with van der Waals surface area (Å²) in [4.78, 5) is 33.4. The summed E-state index contributed by atoms with van der Waals surface area (Å²) in [5.41, 5.74) is 14.2. The molecule has 4 aromatic rings. The standard InChI is InChI=1S/C21H18N6O3S/c1-30-14-7-5-12(6-8-14)26-21(29)27-13-4-2-3-11(9-13)17-15-16(22)18(19(23)28)31-20(15)25-10-24-17/h2-10H,22H2,1H3,(H2,23,28)(H2,26,27,29). The van der Waals surface area contributed by atoms with E-state index in [0.717, 1.165) is 11.3 Å². The molecule has 0 fully saturated rings. The Bertz CT molecular complexity index is 1290. The van der Waals surface area contributed by atoms with Crippen LogP contribution in [-0.4, -0.2) is 29.0 Å². The number of urea groups is 1. The van der Waals surface area contributed by atoms with E-state index in [9.17, 15) is 9.59 Å². The third kappa shape index (κ3) is 4.09. The van der Waals surface area contributed by atoms with Crippen molar-refractivity contribution in [2.45, 2.75) is 0 Å². The van der Waals surface area contributed by atoms with Crippen molar-refractivity contribution in [1.29, 1.82) is 0 Å². The summed E-state index contributed by atoms with van der Waals surface area (Å²) in [7, 11) is 1.58. The smallest absolute Gasteiger partial charge is 0.323 e. The summed E-state index contributed by atoms with van der Waals surface area (Å²) < 4.78 is 5.11. The summed E-state index contributed by atoms with van der Waals surface area (Å²) >= 11 is 1.12. The molecule has 4 rings (SSSR count). The van der Waals surface area contributed by atoms with E-state index >= 15 is 0 Å². The van der Waals surface area contributed by atoms with Crippen molar-refractivity contribution in [3.63, 3.8) is 0 Å². The first-order valence-electron chi connectivity index (χ1n) is 9.11. The fraction of sp³-hybridized carbons (Fsp3) is 0.0476. The molecule has 2 aromatic carbocycles. The zero-order valence-corrected chi connectivity index (χ0v) is 17.2. The number of nitrogen functional groups attached to an aromatic ring is 1. The van der Waals surface area contributed by atoms with E-state index in [1.165, 1.54) is 6.33 Å². The van der Waals surface area contributed by atoms with Gasteiger partial charge in [0, 0.05) is 16.9 Å². The van der Waals surface area contributed by atoms with Crippen LogP contribution < -0.4 is 26.8 Å². The second-order valence-corrected chi connectivity index (χ2v) is 7.50. The van der Waals surface area contributed by atoms with E-state index < -0.39 is 11.9 Å². The van der Waals surface area contributed by atoms with Crippen molar-refractivity contribution < 1.29 is 14.3 Å². The Hall–Kier alpha value is -4.18. The molecule has 9 nitrogen and oxygen atoms in total. The molecule has 156 valence electrons. The second-order valence-electron chi connectivity index (χ2n) is 6.50. The van der Waals surface area contributed by atoms with Gasteiger partial charge in [-0.2, -0.15) is 0 Å². The first kappa shape index (κ1) is 20.1. The van der Waals surface area contributed by atoms with Gasteiger partial charge >= 0.3 is 6.03 Å². The number of thiophene rings is 1. The average Bonchev–Trinajstić information content (AvgIpc) is 3.11. The Kier molecular flexibility index (Phi) is 5.37. The Balaban J connectivity index is 1.60. The van der Waals surface area contributed by atoms with Crippen molar-refractivity contribution in [2.75, 3.05) is 23.5 Å². The lowest BCUT2D eigenvalue weighted by Crippen LogP contribution is -2.19. The number of methoxy groups -OCH3 is 1. The highest BCUT2D eigenvalue weighted by atomic mass is 32.1. The number of primary amides is 1. The van der Waals surface area contributed by atoms with Gasteiger partial charge in [-0.3, -0.25) is 4.79 Å². The molecular formula is C21H18N6O3S. The van der Waals surface area contributed by atoms with Gasteiger partial charge in [0.2, 0.25) is 0 Å². The number of nitrogens with two attached hydrogens (primary N) is 2. The number of fused-ring (bicyclic) bond motifs is 1. The lowest BCUT2D eigenvalue weighted by molar-refractivity contribution is 0.100. The predicted octanol–water partition coefficient (Wildman–Crippen LogP) is 3.69. The molecule has 0 unspecified atom stereocenters. The number of hydrogen-bond acceptors (Lipinski definition) is 7. The molecule has 0 aliphatic carbocycles. The van der Waals surface area contributed by atoms with Gasteiger partial charge in [0.25, 0.3) is 5.91 Å². The highest BCUT2D eigenvalue weighted by molar-refractivity contribution is 7.21. The molecule has 3 amide bonds. The first-order chi connectivity index (χ1) is 15.0. The number of nitrogens with zero attached hydrogens (tertiary/aromatic N) is 2. The van der Waals surface area contributed by atoms with E-state index in [1.807, 2.05) is 6.07 Å². The number of nitrogens with one attached hydrogen (secondary N) is 2. The van der Waals surface area contributed by atoms with Gasteiger partial charge in [-0.05, 0) is 36.4 Å². The number of rotatable bonds is 5. The van der Waals surface area contributed by atoms with Crippen LogP contribution in [0, 0.1) is 0 Å². The molecule has 0 saturated carbocycles. The zero-order chi connectivity index (χ0) is 22.0. The molecular weight excluding hydrogens is 416 g/mol. The monoisotopic (exact) mass is 434 g/mol. The topological polar surface area (TPSA) is 145 Å². The summed E-state index contributed by atoms with van der Waals surface area (Å²) in [6.07, 6.45) is 1.40. The van der Waals surface area contributed by atoms with E-state index in [2.05, 4.69) is 20.6 Å². The molecule has 2 aromatic heterocycles. The first-order valence-corrected chi connectivity index (χ1v) is 9.93. The minimum absolute atomic E-state index is 0.241. The van der Waals surface area contributed by atoms with Gasteiger partial charge in [-0.15, -0.1) is 11.3 Å². The molecule has 31 heavy (non-hydrogen) atoms. The van der Waals surface area contributed by atoms with E-state index in [4.69, 9.17) is 16.2 Å². The van der Waals surface area contributed by atoms with Crippen molar-refractivity contribution in [2.24, 2.45) is 5.73 Å². The maximum Gasteiger partial charge on any atom is 0.323 e. The van der Waals surface area contributed by atoms with Crippen LogP contribution in [0.15, 0.2) is 54.9 Å². The SMILES string of the molecule is COc1ccc(NC(=O)Nc2cccc(-c3ncnc4sc(C(N)=O)c(N)c34)c2)cc1. The molecule has 0 spiro atoms. The van der Waals surface area contributed by atoms with Crippen LogP contribution in [0.5, 0.6) is 5.75 Å². The van der Waals surface area contributed by atoms with Crippen LogP contribution in [0.25, 0.3) is 21.5 Å². The summed E-state index contributed by atoms with van der Waals surface area (Å²) in [5.74, 6) is 0.0825. The van der Waals surface area contributed by atoms with Crippen molar-refractivity contribution in [3.8, 4) is 17.0 Å². The molecule has 2 heterocycles. The average molecular weight is 434 g/mol. The largest absolute Gasteiger partial charge is 0.497 e. The number of aromatic nitrogens is 2. The Morgan fingerprint density at radius 1 is 1.03 bits per heavy atom. The van der Waals surface area contributed by atoms with Crippen LogP contribution in [0.2, 0.25) is 0 Å². The Morgan fingerprint density at radius 2 is 1.77 bits per heavy atom. The molecule has 0 saturated heterocycles. The quantitative estimate of drug-likeness (QED) is 0.377. The molecule has 6 N–H and O–H groups in total. The van der Waals surface area contributed by atoms with Crippen molar-refractivity contribution >= 4 is 50.6 Å². The molecule has 0 aliphatic rings. The Labute approximate surface area is 181 Å². The summed E-state index contributed by atoms with van der Waals surface area (Å²) in [6.45, 7) is 0. The molecule has 0 radical (unpaired) electrons. The number of carbonyl (C=O) groups excluding carboxylic acids is 2. The minimum Gasteiger partial charge on any atom is -0.497 e. The summed E-state index contributed by atoms with van der Waals surface area (Å²) in [5, 5.41) is 6.10. The molecule has 0 bridgehead atoms. The normalized spacial score (nSPS) is 10.6. The number of benzene rings is 2. The zero-order valence-electron chi connectivity index (χ0n) is 16.4. The number of ether oxygens (including phenoxy) is 1. The van der Waals surface area contributed by atoms with Gasteiger partial charge in [0.15, 0.2) is 0 Å². The van der Waals surface area contributed by atoms with Crippen LogP contribution >= 0.6 is 11.3 Å². The predicted molar refractivity (Wildman–Crippen MR) is 121 cm³/mol. The number of hydrogen-bond donors (Lipinski definition) is 4. The number of amides is 3. The van der Waals surface area contributed by atoms with Gasteiger partial charge in [0.05, 0.1) is 23.9 Å². The Morgan fingerprint density at radius 3 is 2.48 bits per heavy atom. The van der Waals surface area contributed by atoms with Crippen LogP contribution in [0.1, 0.15) is 9.67 Å². The van der Waals surface area contributed by atoms with Gasteiger partial charge in [0.1, 0.15) is 21.8 Å².